The molecule has 0 saturated heterocycles. The summed E-state index contributed by atoms with van der Waals surface area (Å²) in [4.78, 5) is 11.9. The Morgan fingerprint density at radius 3 is 3.11 bits per heavy atom. The molecule has 4 rings (SSSR count). The normalized spacial score (nSPS) is 30.3. The highest BCUT2D eigenvalue weighted by molar-refractivity contribution is 5.86. The molecule has 1 saturated carbocycles. The summed E-state index contributed by atoms with van der Waals surface area (Å²) in [5, 5.41) is 0. The van der Waals surface area contributed by atoms with E-state index in [2.05, 4.69) is 24.3 Å². The molecule has 2 nitrogen and oxygen atoms in total. The van der Waals surface area contributed by atoms with Crippen molar-refractivity contribution in [3.8, 4) is 0 Å². The lowest BCUT2D eigenvalue weighted by Crippen LogP contribution is -2.08. The summed E-state index contributed by atoms with van der Waals surface area (Å²) in [6, 6.07) is 6.57. The van der Waals surface area contributed by atoms with Crippen molar-refractivity contribution in [2.75, 3.05) is 6.61 Å². The first kappa shape index (κ1) is 10.4. The number of esters is 1. The Hall–Kier alpha value is -1.57. The van der Waals surface area contributed by atoms with Crippen LogP contribution in [0.2, 0.25) is 0 Å². The maximum atomic E-state index is 11.9. The molecule has 0 radical (unpaired) electrons. The van der Waals surface area contributed by atoms with Crippen molar-refractivity contribution in [2.45, 2.75) is 25.7 Å². The second-order valence-corrected chi connectivity index (χ2v) is 5.45. The minimum Gasteiger partial charge on any atom is -0.466 e. The number of hydrogen-bond donors (Lipinski definition) is 0. The van der Waals surface area contributed by atoms with Crippen LogP contribution in [0.25, 0.3) is 5.57 Å². The number of ether oxygens (including phenoxy) is 1. The van der Waals surface area contributed by atoms with E-state index in [0.717, 1.165) is 6.42 Å². The zero-order valence-electron chi connectivity index (χ0n) is 10.5. The molecule has 0 bridgehead atoms. The molecule has 3 aliphatic rings. The topological polar surface area (TPSA) is 26.3 Å². The fraction of sp³-hybridized carbons (Fsp3) is 0.438. The van der Waals surface area contributed by atoms with Crippen molar-refractivity contribution in [2.24, 2.45) is 11.8 Å². The van der Waals surface area contributed by atoms with Gasteiger partial charge in [0, 0.05) is 5.92 Å². The van der Waals surface area contributed by atoms with Gasteiger partial charge in [-0.2, -0.15) is 0 Å². The van der Waals surface area contributed by atoms with Gasteiger partial charge < -0.3 is 4.74 Å². The van der Waals surface area contributed by atoms with Crippen LogP contribution in [0.5, 0.6) is 0 Å². The van der Waals surface area contributed by atoms with Crippen LogP contribution in [-0.2, 0) is 16.0 Å². The zero-order valence-corrected chi connectivity index (χ0v) is 10.5. The van der Waals surface area contributed by atoms with Gasteiger partial charge in [-0.3, -0.25) is 4.79 Å². The number of allylic oxidation sites excluding steroid dienone is 2. The predicted octanol–water partition coefficient (Wildman–Crippen LogP) is 2.92. The maximum absolute atomic E-state index is 11.9. The van der Waals surface area contributed by atoms with Gasteiger partial charge in [-0.05, 0) is 47.9 Å². The van der Waals surface area contributed by atoms with Crippen LogP contribution in [0, 0.1) is 11.8 Å². The molecule has 0 aliphatic heterocycles. The number of benzene rings is 1. The Morgan fingerprint density at radius 1 is 1.39 bits per heavy atom. The third-order valence-corrected chi connectivity index (χ3v) is 4.55. The molecule has 1 aromatic rings. The molecule has 0 heterocycles. The average molecular weight is 240 g/mol. The lowest BCUT2D eigenvalue weighted by molar-refractivity contribution is -0.145. The highest BCUT2D eigenvalue weighted by Crippen LogP contribution is 2.62. The third-order valence-electron chi connectivity index (χ3n) is 4.55. The second kappa shape index (κ2) is 3.47. The number of hydrogen-bond acceptors (Lipinski definition) is 2. The third kappa shape index (κ3) is 1.21. The smallest absolute Gasteiger partial charge is 0.310 e. The Kier molecular flexibility index (Phi) is 2.00. The van der Waals surface area contributed by atoms with E-state index in [9.17, 15) is 4.79 Å². The van der Waals surface area contributed by atoms with Crippen LogP contribution >= 0.6 is 0 Å². The van der Waals surface area contributed by atoms with Gasteiger partial charge >= 0.3 is 5.97 Å². The van der Waals surface area contributed by atoms with Crippen LogP contribution < -0.4 is 0 Å². The van der Waals surface area contributed by atoms with Crippen LogP contribution in [0.4, 0.5) is 0 Å². The van der Waals surface area contributed by atoms with Crippen LogP contribution in [0.15, 0.2) is 24.3 Å². The van der Waals surface area contributed by atoms with E-state index < -0.39 is 0 Å². The van der Waals surface area contributed by atoms with Gasteiger partial charge in [-0.15, -0.1) is 0 Å². The van der Waals surface area contributed by atoms with Crippen molar-refractivity contribution in [1.29, 1.82) is 0 Å². The summed E-state index contributed by atoms with van der Waals surface area (Å²) < 4.78 is 5.19. The molecule has 0 amide bonds. The molecular weight excluding hydrogens is 224 g/mol. The minimum absolute atomic E-state index is 0.0121. The van der Waals surface area contributed by atoms with Crippen molar-refractivity contribution in [1.82, 2.24) is 0 Å². The molecule has 0 N–H and O–H groups in total. The first-order valence-corrected chi connectivity index (χ1v) is 6.80. The number of rotatable bonds is 2. The van der Waals surface area contributed by atoms with E-state index in [0.29, 0.717) is 18.4 Å². The molecule has 0 spiro atoms. The molecule has 18 heavy (non-hydrogen) atoms. The van der Waals surface area contributed by atoms with Crippen molar-refractivity contribution in [3.05, 3.63) is 41.0 Å². The predicted molar refractivity (Wildman–Crippen MR) is 69.1 cm³/mol. The molecule has 0 unspecified atom stereocenters. The van der Waals surface area contributed by atoms with Crippen molar-refractivity contribution >= 4 is 11.5 Å². The van der Waals surface area contributed by atoms with Crippen LogP contribution in [-0.4, -0.2) is 12.6 Å². The number of fused-ring (bicyclic) bond motifs is 2. The molecule has 1 fully saturated rings. The Morgan fingerprint density at radius 2 is 2.28 bits per heavy atom. The van der Waals surface area contributed by atoms with Gasteiger partial charge in [0.2, 0.25) is 0 Å². The lowest BCUT2D eigenvalue weighted by Gasteiger charge is -2.13. The fourth-order valence-corrected chi connectivity index (χ4v) is 3.78. The molecule has 2 heteroatoms. The van der Waals surface area contributed by atoms with Gasteiger partial charge in [0.05, 0.1) is 12.5 Å². The first-order valence-electron chi connectivity index (χ1n) is 6.80. The largest absolute Gasteiger partial charge is 0.466 e. The molecule has 3 aliphatic carbocycles. The van der Waals surface area contributed by atoms with Crippen molar-refractivity contribution in [3.63, 3.8) is 0 Å². The molecule has 1 aromatic carbocycles. The van der Waals surface area contributed by atoms with Crippen molar-refractivity contribution < 1.29 is 9.53 Å². The maximum Gasteiger partial charge on any atom is 0.310 e. The van der Waals surface area contributed by atoms with Gasteiger partial charge in [-0.25, -0.2) is 0 Å². The van der Waals surface area contributed by atoms with E-state index >= 15 is 0 Å². The number of carbonyl (C=O) groups is 1. The van der Waals surface area contributed by atoms with E-state index in [4.69, 9.17) is 4.74 Å². The Balaban J connectivity index is 1.76. The van der Waals surface area contributed by atoms with Crippen LogP contribution in [0.3, 0.4) is 0 Å². The number of aryl methyl sites for hydroxylation is 1. The summed E-state index contributed by atoms with van der Waals surface area (Å²) in [6.07, 6.45) is 4.65. The molecule has 0 aromatic heterocycles. The highest BCUT2D eigenvalue weighted by atomic mass is 16.5. The van der Waals surface area contributed by atoms with Gasteiger partial charge in [0.1, 0.15) is 0 Å². The SMILES string of the molecule is CCOC(=O)[C@@H]1[C@H]2C=C3CCc4cccc(c43)[C@H]21. The summed E-state index contributed by atoms with van der Waals surface area (Å²) in [5.74, 6) is 0.859. The molecular formula is C16H16O2. The summed E-state index contributed by atoms with van der Waals surface area (Å²) in [5.41, 5.74) is 5.77. The van der Waals surface area contributed by atoms with E-state index in [1.54, 1.807) is 0 Å². The molecule has 92 valence electrons. The Bertz CT molecular complexity index is 570. The quantitative estimate of drug-likeness (QED) is 0.743. The summed E-state index contributed by atoms with van der Waals surface area (Å²) >= 11 is 0. The van der Waals surface area contributed by atoms with E-state index in [-0.39, 0.29) is 11.9 Å². The zero-order chi connectivity index (χ0) is 12.3. The standard InChI is InChI=1S/C16H16O2/c1-2-18-16(17)15-12-8-10-7-6-9-4-3-5-11(13(9)10)14(12)15/h3-5,8,12,14-15H,2,6-7H2,1H3/t12-,14+,15+/m0/s1. The van der Waals surface area contributed by atoms with Gasteiger partial charge in [0.25, 0.3) is 0 Å². The van der Waals surface area contributed by atoms with Gasteiger partial charge in [-0.1, -0.05) is 24.3 Å². The average Bonchev–Trinajstić information content (AvgIpc) is 2.96. The highest BCUT2D eigenvalue weighted by Gasteiger charge is 2.58. The first-order chi connectivity index (χ1) is 8.81. The molecule has 3 atom stereocenters. The fourth-order valence-electron chi connectivity index (χ4n) is 3.78. The minimum atomic E-state index is -0.0121. The summed E-state index contributed by atoms with van der Waals surface area (Å²) in [6.45, 7) is 2.36. The number of carbonyl (C=O) groups excluding carboxylic acids is 1. The van der Waals surface area contributed by atoms with Crippen LogP contribution in [0.1, 0.15) is 36.0 Å². The lowest BCUT2D eigenvalue weighted by atomic mass is 9.91. The summed E-state index contributed by atoms with van der Waals surface area (Å²) in [7, 11) is 0. The second-order valence-electron chi connectivity index (χ2n) is 5.45. The van der Waals surface area contributed by atoms with E-state index in [1.165, 1.54) is 28.7 Å². The Labute approximate surface area is 107 Å². The monoisotopic (exact) mass is 240 g/mol. The van der Waals surface area contributed by atoms with Gasteiger partial charge in [0.15, 0.2) is 0 Å². The van der Waals surface area contributed by atoms with E-state index in [1.807, 2.05) is 6.92 Å².